The molecule has 1 nitrogen and oxygen atoms in total. The third kappa shape index (κ3) is 5.36. The molecule has 34 heavy (non-hydrogen) atoms. The van der Waals surface area contributed by atoms with Gasteiger partial charge < -0.3 is 0 Å². The summed E-state index contributed by atoms with van der Waals surface area (Å²) < 4.78 is 7.27. The molecule has 2 radical (unpaired) electrons. The molecule has 0 aliphatic rings. The Morgan fingerprint density at radius 1 is 0.618 bits per heavy atom. The zero-order chi connectivity index (χ0) is 25.2. The fourth-order valence-electron chi connectivity index (χ4n) is 4.95. The number of hydrogen-bond donors (Lipinski definition) is 0. The van der Waals surface area contributed by atoms with Gasteiger partial charge in [0.15, 0.2) is 0 Å². The Morgan fingerprint density at radius 2 is 0.941 bits per heavy atom. The summed E-state index contributed by atoms with van der Waals surface area (Å²) in [5.41, 5.74) is 10.8. The molecule has 3 aromatic carbocycles. The van der Waals surface area contributed by atoms with Gasteiger partial charge in [-0.3, -0.25) is 0 Å². The number of methoxy groups -OCH3 is 1. The number of halogens is 1. The predicted molar refractivity (Wildman–Crippen MR) is 151 cm³/mol. The van der Waals surface area contributed by atoms with Crippen molar-refractivity contribution < 1.29 is 4.74 Å². The first-order chi connectivity index (χ1) is 16.1. The van der Waals surface area contributed by atoms with Crippen molar-refractivity contribution in [3.8, 4) is 28.0 Å². The van der Waals surface area contributed by atoms with Crippen LogP contribution in [0.4, 0.5) is 0 Å². The first kappa shape index (κ1) is 27.1. The van der Waals surface area contributed by atoms with E-state index in [1.807, 2.05) is 0 Å². The summed E-state index contributed by atoms with van der Waals surface area (Å²) in [5, 5.41) is 0. The molecule has 0 unspecified atom stereocenters. The molecular weight excluding hydrogens is 543 g/mol. The van der Waals surface area contributed by atoms with Gasteiger partial charge in [0.25, 0.3) is 0 Å². The van der Waals surface area contributed by atoms with Crippen LogP contribution in [0.3, 0.4) is 0 Å². The molecule has 0 saturated carbocycles. The summed E-state index contributed by atoms with van der Waals surface area (Å²) in [5.74, 6) is 2.59. The van der Waals surface area contributed by atoms with Crippen molar-refractivity contribution in [3.63, 3.8) is 0 Å². The van der Waals surface area contributed by atoms with E-state index in [1.165, 1.54) is 48.1 Å². The van der Waals surface area contributed by atoms with Gasteiger partial charge in [0.1, 0.15) is 0 Å². The normalized spacial score (nSPS) is 11.8. The van der Waals surface area contributed by atoms with E-state index < -0.39 is 20.0 Å². The molecule has 0 bridgehead atoms. The number of benzene rings is 3. The van der Waals surface area contributed by atoms with Crippen molar-refractivity contribution in [3.05, 3.63) is 70.8 Å². The Kier molecular flexibility index (Phi) is 9.20. The van der Waals surface area contributed by atoms with Crippen molar-refractivity contribution in [2.45, 2.75) is 79.1 Å². The number of hydrogen-bond acceptors (Lipinski definition) is 1. The Morgan fingerprint density at radius 3 is 1.18 bits per heavy atom. The molecule has 0 amide bonds. The van der Waals surface area contributed by atoms with E-state index in [2.05, 4.69) is 104 Å². The minimum atomic E-state index is -1.35. The van der Waals surface area contributed by atoms with Crippen LogP contribution in [0.5, 0.6) is 5.75 Å². The summed E-state index contributed by atoms with van der Waals surface area (Å²) in [4.78, 5) is 0. The molecule has 0 aromatic heterocycles. The van der Waals surface area contributed by atoms with E-state index in [0.29, 0.717) is 23.7 Å². The molecule has 3 rings (SSSR count). The summed E-state index contributed by atoms with van der Waals surface area (Å²) in [6, 6.07) is 18.0. The van der Waals surface area contributed by atoms with Crippen LogP contribution in [-0.4, -0.2) is 27.1 Å². The van der Waals surface area contributed by atoms with Gasteiger partial charge in [0, 0.05) is 0 Å². The molecule has 0 heterocycles. The number of rotatable bonds is 8. The van der Waals surface area contributed by atoms with Crippen molar-refractivity contribution in [2.75, 3.05) is 7.11 Å². The second-order valence-corrected chi connectivity index (χ2v) is 13.7. The first-order valence-corrected chi connectivity index (χ1v) is 17.5. The van der Waals surface area contributed by atoms with Crippen molar-refractivity contribution in [1.82, 2.24) is 0 Å². The number of ether oxygens (including phenoxy) is 1. The molecule has 3 aromatic rings. The second kappa shape index (κ2) is 11.5. The quantitative estimate of drug-likeness (QED) is 0.241. The van der Waals surface area contributed by atoms with Gasteiger partial charge in [-0.05, 0) is 0 Å². The Labute approximate surface area is 221 Å². The standard InChI is InChI=1S/C31H39O.ClH.Sn/c1-19(2)26-12-10-13-27(20(3)4)30(26)23-16-24(18-25(17-23)32-9)31-28(21(5)6)14-11-15-29(31)22(7)8;;/h10-15,17-22H,1-9H3;1H;/q;;+1/p-1. The molecule has 0 spiro atoms. The van der Waals surface area contributed by atoms with Crippen molar-refractivity contribution in [2.24, 2.45) is 0 Å². The molecule has 0 fully saturated rings. The van der Waals surface area contributed by atoms with Gasteiger partial charge >= 0.3 is 222 Å². The minimum absolute atomic E-state index is 0.422. The predicted octanol–water partition coefficient (Wildman–Crippen LogP) is 9.01. The molecule has 180 valence electrons. The SMILES string of the molecule is COc1cc(-c2c(C(C)C)cccc2C(C)C)[c]([Sn][Cl])c(-c2c(C(C)C)cccc2C(C)C)c1. The van der Waals surface area contributed by atoms with E-state index in [0.717, 1.165) is 5.75 Å². The van der Waals surface area contributed by atoms with E-state index >= 15 is 0 Å². The van der Waals surface area contributed by atoms with Gasteiger partial charge in [-0.2, -0.15) is 0 Å². The molecule has 0 aliphatic carbocycles. The van der Waals surface area contributed by atoms with Gasteiger partial charge in [0.05, 0.1) is 0 Å². The Hall–Kier alpha value is -1.45. The van der Waals surface area contributed by atoms with Crippen LogP contribution in [0.15, 0.2) is 48.5 Å². The molecule has 0 atom stereocenters. The fourth-order valence-corrected chi connectivity index (χ4v) is 8.03. The zero-order valence-corrected chi connectivity index (χ0v) is 25.8. The third-order valence-electron chi connectivity index (χ3n) is 6.73. The molecule has 0 aliphatic heterocycles. The van der Waals surface area contributed by atoms with Gasteiger partial charge in [-0.25, -0.2) is 0 Å². The third-order valence-corrected chi connectivity index (χ3v) is 10.1. The Balaban J connectivity index is 2.52. The Bertz CT molecular complexity index is 1010. The van der Waals surface area contributed by atoms with Crippen LogP contribution in [0.25, 0.3) is 22.3 Å². The molecule has 3 heteroatoms. The van der Waals surface area contributed by atoms with Crippen LogP contribution in [0.2, 0.25) is 0 Å². The topological polar surface area (TPSA) is 9.23 Å². The molecule has 0 N–H and O–H groups in total. The molecular formula is C31H39ClOSn. The maximum atomic E-state index is 6.99. The van der Waals surface area contributed by atoms with Gasteiger partial charge in [-0.1, -0.05) is 0 Å². The van der Waals surface area contributed by atoms with Gasteiger partial charge in [0.2, 0.25) is 0 Å². The summed E-state index contributed by atoms with van der Waals surface area (Å²) in [6.07, 6.45) is 0. The first-order valence-electron chi connectivity index (χ1n) is 12.5. The fraction of sp³-hybridized carbons (Fsp3) is 0.419. The van der Waals surface area contributed by atoms with E-state index in [-0.39, 0.29) is 0 Å². The summed E-state index contributed by atoms with van der Waals surface area (Å²) in [7, 11) is 8.77. The van der Waals surface area contributed by atoms with Crippen LogP contribution in [-0.2, 0) is 0 Å². The average molecular weight is 582 g/mol. The maximum absolute atomic E-state index is 6.99. The van der Waals surface area contributed by atoms with Crippen molar-refractivity contribution in [1.29, 1.82) is 0 Å². The van der Waals surface area contributed by atoms with E-state index in [4.69, 9.17) is 13.7 Å². The zero-order valence-electron chi connectivity index (χ0n) is 22.2. The second-order valence-electron chi connectivity index (χ2n) is 10.4. The van der Waals surface area contributed by atoms with E-state index in [9.17, 15) is 0 Å². The molecule has 0 saturated heterocycles. The van der Waals surface area contributed by atoms with Crippen LogP contribution >= 0.6 is 8.92 Å². The average Bonchev–Trinajstić information content (AvgIpc) is 2.81. The monoisotopic (exact) mass is 582 g/mol. The van der Waals surface area contributed by atoms with Gasteiger partial charge in [-0.15, -0.1) is 0 Å². The van der Waals surface area contributed by atoms with E-state index in [1.54, 1.807) is 7.11 Å². The van der Waals surface area contributed by atoms with Crippen LogP contribution in [0, 0.1) is 0 Å². The van der Waals surface area contributed by atoms with Crippen molar-refractivity contribution >= 4 is 32.5 Å². The summed E-state index contributed by atoms with van der Waals surface area (Å²) in [6.45, 7) is 18.3. The van der Waals surface area contributed by atoms with Crippen LogP contribution in [0.1, 0.15) is 101 Å². The van der Waals surface area contributed by atoms with Crippen LogP contribution < -0.4 is 8.32 Å². The summed E-state index contributed by atoms with van der Waals surface area (Å²) >= 11 is -1.35.